The fourth-order valence-corrected chi connectivity index (χ4v) is 3.08. The first-order chi connectivity index (χ1) is 9.85. The lowest BCUT2D eigenvalue weighted by Gasteiger charge is -2.25. The molecule has 1 saturated heterocycles. The second-order valence-electron chi connectivity index (χ2n) is 7.20. The van der Waals surface area contributed by atoms with Crippen LogP contribution in [0.2, 0.25) is 0 Å². The summed E-state index contributed by atoms with van der Waals surface area (Å²) in [5.74, 6) is 0.555. The first kappa shape index (κ1) is 16.5. The van der Waals surface area contributed by atoms with Crippen LogP contribution in [0.25, 0.3) is 0 Å². The van der Waals surface area contributed by atoms with Crippen LogP contribution in [0.5, 0.6) is 0 Å². The smallest absolute Gasteiger partial charge is 0.0901 e. The van der Waals surface area contributed by atoms with E-state index in [2.05, 4.69) is 45.0 Å². The summed E-state index contributed by atoms with van der Waals surface area (Å²) in [7, 11) is 2.01. The second-order valence-corrected chi connectivity index (χ2v) is 7.20. The molecule has 120 valence electrons. The molecule has 1 N–H and O–H groups in total. The first-order valence-corrected chi connectivity index (χ1v) is 8.18. The summed E-state index contributed by atoms with van der Waals surface area (Å²) in [5.41, 5.74) is 4.02. The third-order valence-corrected chi connectivity index (χ3v) is 5.03. The van der Waals surface area contributed by atoms with E-state index in [0.29, 0.717) is 11.3 Å². The molecule has 1 fully saturated rings. The maximum atomic E-state index is 6.04. The van der Waals surface area contributed by atoms with Crippen molar-refractivity contribution >= 4 is 0 Å². The zero-order valence-corrected chi connectivity index (χ0v) is 14.5. The van der Waals surface area contributed by atoms with E-state index in [1.807, 2.05) is 11.7 Å². The third kappa shape index (κ3) is 3.67. The number of aromatic nitrogens is 2. The van der Waals surface area contributed by atoms with Gasteiger partial charge < -0.3 is 10.1 Å². The summed E-state index contributed by atoms with van der Waals surface area (Å²) in [6, 6.07) is 0. The molecular formula is C17H31N3O. The molecule has 2 atom stereocenters. The molecule has 0 radical (unpaired) electrons. The van der Waals surface area contributed by atoms with Crippen molar-refractivity contribution in [3.8, 4) is 0 Å². The van der Waals surface area contributed by atoms with Crippen molar-refractivity contribution in [2.24, 2.45) is 18.4 Å². The number of nitrogens with one attached hydrogen (secondary N) is 1. The van der Waals surface area contributed by atoms with Crippen molar-refractivity contribution in [1.82, 2.24) is 15.1 Å². The van der Waals surface area contributed by atoms with E-state index in [0.717, 1.165) is 31.8 Å². The Hall–Kier alpha value is -0.870. The van der Waals surface area contributed by atoms with Gasteiger partial charge in [-0.1, -0.05) is 20.8 Å². The highest BCUT2D eigenvalue weighted by molar-refractivity contribution is 5.28. The lowest BCUT2D eigenvalue weighted by atomic mass is 9.89. The largest absolute Gasteiger partial charge is 0.373 e. The average molecular weight is 293 g/mol. The minimum Gasteiger partial charge on any atom is -0.373 e. The summed E-state index contributed by atoms with van der Waals surface area (Å²) in [6.07, 6.45) is 2.54. The molecule has 0 spiro atoms. The van der Waals surface area contributed by atoms with Gasteiger partial charge in [0.05, 0.1) is 11.8 Å². The molecule has 21 heavy (non-hydrogen) atoms. The van der Waals surface area contributed by atoms with Crippen LogP contribution in [-0.4, -0.2) is 29.5 Å². The van der Waals surface area contributed by atoms with Crippen LogP contribution < -0.4 is 5.32 Å². The van der Waals surface area contributed by atoms with Crippen molar-refractivity contribution in [1.29, 1.82) is 0 Å². The van der Waals surface area contributed by atoms with E-state index >= 15 is 0 Å². The normalized spacial score (nSPS) is 23.0. The van der Waals surface area contributed by atoms with Crippen molar-refractivity contribution in [3.05, 3.63) is 17.0 Å². The van der Waals surface area contributed by atoms with Gasteiger partial charge in [-0.15, -0.1) is 0 Å². The predicted molar refractivity (Wildman–Crippen MR) is 86.4 cm³/mol. The van der Waals surface area contributed by atoms with Gasteiger partial charge in [0.2, 0.25) is 0 Å². The van der Waals surface area contributed by atoms with Gasteiger partial charge in [-0.2, -0.15) is 5.10 Å². The SMILES string of the molecule is CCC(C)(C)CNC[C@H]1CCO[C@H]1c1c(C)nn(C)c1C. The predicted octanol–water partition coefficient (Wildman–Crippen LogP) is 3.14. The number of hydrogen-bond donors (Lipinski definition) is 1. The highest BCUT2D eigenvalue weighted by Gasteiger charge is 2.33. The topological polar surface area (TPSA) is 39.1 Å². The van der Waals surface area contributed by atoms with Crippen LogP contribution in [0.1, 0.15) is 56.7 Å². The minimum atomic E-state index is 0.205. The molecule has 0 bridgehead atoms. The van der Waals surface area contributed by atoms with Crippen molar-refractivity contribution < 1.29 is 4.74 Å². The molecule has 2 heterocycles. The molecule has 0 saturated carbocycles. The van der Waals surface area contributed by atoms with Gasteiger partial charge in [-0.05, 0) is 32.1 Å². The summed E-state index contributed by atoms with van der Waals surface area (Å²) in [4.78, 5) is 0. The van der Waals surface area contributed by atoms with Crippen molar-refractivity contribution in [2.45, 2.75) is 53.6 Å². The van der Waals surface area contributed by atoms with Crippen molar-refractivity contribution in [3.63, 3.8) is 0 Å². The Balaban J connectivity index is 2.01. The fourth-order valence-electron chi connectivity index (χ4n) is 3.08. The highest BCUT2D eigenvalue weighted by atomic mass is 16.5. The fraction of sp³-hybridized carbons (Fsp3) is 0.824. The molecule has 1 aliphatic rings. The van der Waals surface area contributed by atoms with E-state index in [4.69, 9.17) is 4.74 Å². The molecule has 0 amide bonds. The lowest BCUT2D eigenvalue weighted by molar-refractivity contribution is 0.0887. The van der Waals surface area contributed by atoms with Crippen LogP contribution in [0.4, 0.5) is 0 Å². The van der Waals surface area contributed by atoms with Gasteiger partial charge in [0.15, 0.2) is 0 Å². The zero-order chi connectivity index (χ0) is 15.6. The third-order valence-electron chi connectivity index (χ3n) is 5.03. The summed E-state index contributed by atoms with van der Waals surface area (Å²) < 4.78 is 8.01. The molecule has 1 aliphatic heterocycles. The van der Waals surface area contributed by atoms with Gasteiger partial charge >= 0.3 is 0 Å². The monoisotopic (exact) mass is 293 g/mol. The zero-order valence-electron chi connectivity index (χ0n) is 14.5. The van der Waals surface area contributed by atoms with Crippen molar-refractivity contribution in [2.75, 3.05) is 19.7 Å². The van der Waals surface area contributed by atoms with E-state index in [1.54, 1.807) is 0 Å². The van der Waals surface area contributed by atoms with Gasteiger partial charge in [-0.3, -0.25) is 4.68 Å². The van der Waals surface area contributed by atoms with Crippen LogP contribution in [0, 0.1) is 25.2 Å². The molecule has 0 unspecified atom stereocenters. The molecule has 1 aromatic heterocycles. The Morgan fingerprint density at radius 1 is 1.38 bits per heavy atom. The average Bonchev–Trinajstić information content (AvgIpc) is 2.95. The van der Waals surface area contributed by atoms with Crippen LogP contribution in [-0.2, 0) is 11.8 Å². The Labute approximate surface area is 129 Å². The van der Waals surface area contributed by atoms with Crippen LogP contribution in [0.3, 0.4) is 0 Å². The van der Waals surface area contributed by atoms with Crippen LogP contribution >= 0.6 is 0 Å². The highest BCUT2D eigenvalue weighted by Crippen LogP contribution is 2.37. The standard InChI is InChI=1S/C17H31N3O/c1-7-17(4,5)11-18-10-14-8-9-21-16(14)15-12(2)19-20(6)13(15)3/h14,16,18H,7-11H2,1-6H3/t14-,16-/m1/s1. The number of hydrogen-bond acceptors (Lipinski definition) is 3. The number of ether oxygens (including phenoxy) is 1. The molecule has 2 rings (SSSR count). The number of rotatable bonds is 6. The summed E-state index contributed by atoms with van der Waals surface area (Å²) in [5, 5.41) is 8.20. The molecule has 4 heteroatoms. The second kappa shape index (κ2) is 6.49. The Morgan fingerprint density at radius 2 is 2.10 bits per heavy atom. The maximum absolute atomic E-state index is 6.04. The van der Waals surface area contributed by atoms with E-state index < -0.39 is 0 Å². The number of nitrogens with zero attached hydrogens (tertiary/aromatic N) is 2. The minimum absolute atomic E-state index is 0.205. The lowest BCUT2D eigenvalue weighted by Crippen LogP contribution is -2.33. The van der Waals surface area contributed by atoms with E-state index in [-0.39, 0.29) is 6.10 Å². The Kier molecular flexibility index (Phi) is 5.10. The molecule has 4 nitrogen and oxygen atoms in total. The van der Waals surface area contributed by atoms with Gasteiger partial charge in [0, 0.05) is 43.9 Å². The summed E-state index contributed by atoms with van der Waals surface area (Å²) in [6.45, 7) is 14.1. The van der Waals surface area contributed by atoms with Gasteiger partial charge in [-0.25, -0.2) is 0 Å². The molecule has 0 aromatic carbocycles. The summed E-state index contributed by atoms with van der Waals surface area (Å²) >= 11 is 0. The van der Waals surface area contributed by atoms with E-state index in [9.17, 15) is 0 Å². The van der Waals surface area contributed by atoms with Crippen LogP contribution in [0.15, 0.2) is 0 Å². The number of aryl methyl sites for hydroxylation is 2. The molecule has 0 aliphatic carbocycles. The first-order valence-electron chi connectivity index (χ1n) is 8.18. The Bertz CT molecular complexity index is 479. The quantitative estimate of drug-likeness (QED) is 0.876. The Morgan fingerprint density at radius 3 is 2.67 bits per heavy atom. The van der Waals surface area contributed by atoms with E-state index in [1.165, 1.54) is 17.7 Å². The van der Waals surface area contributed by atoms with Gasteiger partial charge in [0.25, 0.3) is 0 Å². The maximum Gasteiger partial charge on any atom is 0.0901 e. The van der Waals surface area contributed by atoms with Gasteiger partial charge in [0.1, 0.15) is 0 Å². The molecule has 1 aromatic rings. The molecular weight excluding hydrogens is 262 g/mol.